The first-order valence-electron chi connectivity index (χ1n) is 9.69. The number of hydrogen-bond donors (Lipinski definition) is 3. The average Bonchev–Trinajstić information content (AvgIpc) is 3.11. The summed E-state index contributed by atoms with van der Waals surface area (Å²) in [6.45, 7) is 2.41. The number of para-hydroxylation sites is 1. The van der Waals surface area contributed by atoms with Gasteiger partial charge in [0.05, 0.1) is 11.8 Å². The van der Waals surface area contributed by atoms with Crippen LogP contribution in [0.1, 0.15) is 50.6 Å². The first-order chi connectivity index (χ1) is 13.0. The molecule has 3 rings (SSSR count). The molecular formula is C19H31IN4O3S. The topological polar surface area (TPSA) is 91.8 Å². The van der Waals surface area contributed by atoms with Gasteiger partial charge in [0.15, 0.2) is 5.96 Å². The zero-order valence-corrected chi connectivity index (χ0v) is 19.7. The SMILES string of the molecule is CCS(=O)(=O)NCCNC(=NC)NC1CC2(CCCC2)Oc2ccccc21.I. The molecule has 1 aliphatic carbocycles. The maximum atomic E-state index is 11.5. The normalized spacial score (nSPS) is 20.8. The maximum Gasteiger partial charge on any atom is 0.211 e. The number of aliphatic imine (C=N–C) groups is 1. The standard InChI is InChI=1S/C19H30N4O3S.HI/c1-3-27(24,25)22-13-12-21-18(20-2)23-16-14-19(10-6-7-11-19)26-17-9-5-4-8-15(16)17;/h4-5,8-9,16,22H,3,6-7,10-14H2,1-2H3,(H2,20,21,23);1H. The molecule has 0 aromatic heterocycles. The minimum atomic E-state index is -3.17. The van der Waals surface area contributed by atoms with Crippen LogP contribution in [-0.4, -0.2) is 45.9 Å². The van der Waals surface area contributed by atoms with Crippen molar-refractivity contribution >= 4 is 40.0 Å². The zero-order chi connectivity index (χ0) is 19.3. The zero-order valence-electron chi connectivity index (χ0n) is 16.5. The second kappa shape index (κ2) is 10.1. The minimum Gasteiger partial charge on any atom is -0.487 e. The van der Waals surface area contributed by atoms with E-state index >= 15 is 0 Å². The van der Waals surface area contributed by atoms with Crippen LogP contribution < -0.4 is 20.1 Å². The second-order valence-corrected chi connectivity index (χ2v) is 9.32. The van der Waals surface area contributed by atoms with Gasteiger partial charge in [-0.2, -0.15) is 0 Å². The van der Waals surface area contributed by atoms with Crippen molar-refractivity contribution in [3.63, 3.8) is 0 Å². The van der Waals surface area contributed by atoms with Crippen molar-refractivity contribution in [2.75, 3.05) is 25.9 Å². The van der Waals surface area contributed by atoms with E-state index in [1.807, 2.05) is 18.2 Å². The quantitative estimate of drug-likeness (QED) is 0.231. The Bertz CT molecular complexity index is 779. The Morgan fingerprint density at radius 2 is 1.96 bits per heavy atom. The van der Waals surface area contributed by atoms with Gasteiger partial charge in [-0.3, -0.25) is 4.99 Å². The molecule has 9 heteroatoms. The lowest BCUT2D eigenvalue weighted by atomic mass is 9.86. The molecule has 7 nitrogen and oxygen atoms in total. The van der Waals surface area contributed by atoms with Crippen molar-refractivity contribution in [1.29, 1.82) is 0 Å². The summed E-state index contributed by atoms with van der Waals surface area (Å²) in [6, 6.07) is 8.29. The fourth-order valence-electron chi connectivity index (χ4n) is 3.92. The highest BCUT2D eigenvalue weighted by Gasteiger charge is 2.43. The lowest BCUT2D eigenvalue weighted by molar-refractivity contribution is 0.0396. The maximum absolute atomic E-state index is 11.5. The fourth-order valence-corrected chi connectivity index (χ4v) is 4.54. The Balaban J connectivity index is 0.00000280. The van der Waals surface area contributed by atoms with Crippen LogP contribution in [0.2, 0.25) is 0 Å². The summed E-state index contributed by atoms with van der Waals surface area (Å²) in [7, 11) is -1.45. The lowest BCUT2D eigenvalue weighted by Crippen LogP contribution is -2.47. The van der Waals surface area contributed by atoms with E-state index in [4.69, 9.17) is 4.74 Å². The Hall–Kier alpha value is -1.07. The molecule has 1 aliphatic heterocycles. The van der Waals surface area contributed by atoms with Crippen LogP contribution in [0, 0.1) is 0 Å². The summed E-state index contributed by atoms with van der Waals surface area (Å²) >= 11 is 0. The van der Waals surface area contributed by atoms with Gasteiger partial charge >= 0.3 is 0 Å². The molecule has 1 aromatic carbocycles. The summed E-state index contributed by atoms with van der Waals surface area (Å²) in [4.78, 5) is 4.30. The van der Waals surface area contributed by atoms with Crippen LogP contribution in [-0.2, 0) is 10.0 Å². The summed E-state index contributed by atoms with van der Waals surface area (Å²) in [5, 5.41) is 6.70. The largest absolute Gasteiger partial charge is 0.487 e. The van der Waals surface area contributed by atoms with E-state index in [-0.39, 0.29) is 41.4 Å². The van der Waals surface area contributed by atoms with Gasteiger partial charge in [-0.05, 0) is 38.7 Å². The van der Waals surface area contributed by atoms with Crippen molar-refractivity contribution in [2.24, 2.45) is 4.99 Å². The first kappa shape index (κ1) is 23.2. The summed E-state index contributed by atoms with van der Waals surface area (Å²) < 4.78 is 32.0. The van der Waals surface area contributed by atoms with Crippen LogP contribution in [0.4, 0.5) is 0 Å². The van der Waals surface area contributed by atoms with Gasteiger partial charge in [0.1, 0.15) is 11.4 Å². The van der Waals surface area contributed by atoms with E-state index in [1.165, 1.54) is 12.8 Å². The van der Waals surface area contributed by atoms with Gasteiger partial charge in [0.25, 0.3) is 0 Å². The Kier molecular flexibility index (Phi) is 8.38. The molecule has 28 heavy (non-hydrogen) atoms. The van der Waals surface area contributed by atoms with Gasteiger partial charge in [0, 0.05) is 32.1 Å². The Morgan fingerprint density at radius 3 is 2.64 bits per heavy atom. The van der Waals surface area contributed by atoms with Gasteiger partial charge in [0.2, 0.25) is 10.0 Å². The number of sulfonamides is 1. The molecule has 0 amide bonds. The molecule has 158 valence electrons. The van der Waals surface area contributed by atoms with E-state index in [0.717, 1.165) is 30.6 Å². The van der Waals surface area contributed by atoms with E-state index in [1.54, 1.807) is 14.0 Å². The highest BCUT2D eigenvalue weighted by atomic mass is 127. The molecule has 1 atom stereocenters. The average molecular weight is 522 g/mol. The number of fused-ring (bicyclic) bond motifs is 1. The van der Waals surface area contributed by atoms with E-state index in [9.17, 15) is 8.42 Å². The number of halogens is 1. The molecule has 0 radical (unpaired) electrons. The summed E-state index contributed by atoms with van der Waals surface area (Å²) in [5.41, 5.74) is 1.06. The van der Waals surface area contributed by atoms with Crippen molar-refractivity contribution in [1.82, 2.24) is 15.4 Å². The molecule has 1 heterocycles. The van der Waals surface area contributed by atoms with Crippen molar-refractivity contribution in [3.05, 3.63) is 29.8 Å². The van der Waals surface area contributed by atoms with Crippen LogP contribution >= 0.6 is 24.0 Å². The summed E-state index contributed by atoms with van der Waals surface area (Å²) in [6.07, 6.45) is 5.50. The van der Waals surface area contributed by atoms with Crippen LogP contribution in [0.15, 0.2) is 29.3 Å². The number of ether oxygens (including phenoxy) is 1. The van der Waals surface area contributed by atoms with Crippen molar-refractivity contribution in [2.45, 2.75) is 50.7 Å². The third kappa shape index (κ3) is 5.73. The van der Waals surface area contributed by atoms with Crippen molar-refractivity contribution in [3.8, 4) is 5.75 Å². The van der Waals surface area contributed by atoms with Gasteiger partial charge in [-0.25, -0.2) is 13.1 Å². The number of benzene rings is 1. The molecule has 0 saturated heterocycles. The van der Waals surface area contributed by atoms with Gasteiger partial charge in [-0.1, -0.05) is 18.2 Å². The predicted molar refractivity (Wildman–Crippen MR) is 123 cm³/mol. The van der Waals surface area contributed by atoms with E-state index in [0.29, 0.717) is 19.0 Å². The monoisotopic (exact) mass is 522 g/mol. The molecule has 1 saturated carbocycles. The van der Waals surface area contributed by atoms with Crippen molar-refractivity contribution < 1.29 is 13.2 Å². The highest BCUT2D eigenvalue weighted by Crippen LogP contribution is 2.46. The molecule has 0 bridgehead atoms. The first-order valence-corrected chi connectivity index (χ1v) is 11.3. The molecule has 1 aromatic rings. The number of nitrogens with one attached hydrogen (secondary N) is 3. The predicted octanol–water partition coefficient (Wildman–Crippen LogP) is 2.55. The third-order valence-corrected chi connectivity index (χ3v) is 6.77. The highest BCUT2D eigenvalue weighted by molar-refractivity contribution is 14.0. The second-order valence-electron chi connectivity index (χ2n) is 7.23. The van der Waals surface area contributed by atoms with E-state index in [2.05, 4.69) is 26.4 Å². The molecular weight excluding hydrogens is 491 g/mol. The Labute approximate surface area is 185 Å². The molecule has 1 fully saturated rings. The third-order valence-electron chi connectivity index (χ3n) is 5.37. The number of hydrogen-bond acceptors (Lipinski definition) is 4. The van der Waals surface area contributed by atoms with Crippen LogP contribution in [0.5, 0.6) is 5.75 Å². The molecule has 3 N–H and O–H groups in total. The van der Waals surface area contributed by atoms with Gasteiger partial charge in [-0.15, -0.1) is 24.0 Å². The smallest absolute Gasteiger partial charge is 0.211 e. The minimum absolute atomic E-state index is 0. The number of nitrogens with zero attached hydrogens (tertiary/aromatic N) is 1. The van der Waals surface area contributed by atoms with E-state index < -0.39 is 10.0 Å². The summed E-state index contributed by atoms with van der Waals surface area (Å²) in [5.74, 6) is 1.70. The van der Waals surface area contributed by atoms with Crippen LogP contribution in [0.3, 0.4) is 0 Å². The van der Waals surface area contributed by atoms with Gasteiger partial charge < -0.3 is 15.4 Å². The molecule has 2 aliphatic rings. The van der Waals surface area contributed by atoms with Crippen LogP contribution in [0.25, 0.3) is 0 Å². The Morgan fingerprint density at radius 1 is 1.25 bits per heavy atom. The lowest BCUT2D eigenvalue weighted by Gasteiger charge is -2.40. The molecule has 1 spiro atoms. The fraction of sp³-hybridized carbons (Fsp3) is 0.632. The number of guanidine groups is 1. The number of rotatable bonds is 6. The molecule has 1 unspecified atom stereocenters.